The van der Waals surface area contributed by atoms with Crippen LogP contribution in [0.15, 0.2) is 47.5 Å². The fourth-order valence-corrected chi connectivity index (χ4v) is 3.17. The molecule has 1 aliphatic heterocycles. The van der Waals surface area contributed by atoms with Crippen LogP contribution in [0.25, 0.3) is 5.57 Å². The molecule has 4 rings (SSSR count). The van der Waals surface area contributed by atoms with Crippen molar-refractivity contribution in [2.45, 2.75) is 6.42 Å². The van der Waals surface area contributed by atoms with Gasteiger partial charge in [0.1, 0.15) is 0 Å². The molecule has 0 radical (unpaired) electrons. The lowest BCUT2D eigenvalue weighted by atomic mass is 9.94. The van der Waals surface area contributed by atoms with Crippen LogP contribution < -0.4 is 0 Å². The summed E-state index contributed by atoms with van der Waals surface area (Å²) >= 11 is 0. The van der Waals surface area contributed by atoms with Gasteiger partial charge in [0.15, 0.2) is 5.88 Å². The molecule has 0 fully saturated rings. The number of nitriles is 2. The lowest BCUT2D eigenvalue weighted by molar-refractivity contribution is 0.101. The van der Waals surface area contributed by atoms with Crippen LogP contribution in [0.3, 0.4) is 0 Å². The van der Waals surface area contributed by atoms with E-state index in [1.54, 1.807) is 36.4 Å². The molecule has 2 aliphatic rings. The zero-order valence-corrected chi connectivity index (χ0v) is 13.5. The third kappa shape index (κ3) is 2.33. The second-order valence-electron chi connectivity index (χ2n) is 6.04. The van der Waals surface area contributed by atoms with Crippen molar-refractivity contribution in [1.82, 2.24) is 4.98 Å². The molecule has 1 amide bonds. The Kier molecular flexibility index (Phi) is 3.53. The average molecular weight is 340 g/mol. The van der Waals surface area contributed by atoms with E-state index >= 15 is 0 Å². The van der Waals surface area contributed by atoms with Crippen LogP contribution in [-0.2, 0) is 0 Å². The van der Waals surface area contributed by atoms with E-state index in [4.69, 9.17) is 10.5 Å². The minimum atomic E-state index is -0.428. The molecule has 1 atom stereocenters. The van der Waals surface area contributed by atoms with Gasteiger partial charge in [-0.05, 0) is 24.1 Å². The van der Waals surface area contributed by atoms with Crippen LogP contribution >= 0.6 is 0 Å². The summed E-state index contributed by atoms with van der Waals surface area (Å²) in [7, 11) is 0. The first-order chi connectivity index (χ1) is 12.6. The number of fused-ring (bicyclic) bond motifs is 1. The predicted molar refractivity (Wildman–Crippen MR) is 94.4 cm³/mol. The Balaban J connectivity index is 1.78. The highest BCUT2D eigenvalue weighted by Gasteiger charge is 2.33. The topological polar surface area (TPSA) is 113 Å². The zero-order valence-electron chi connectivity index (χ0n) is 13.5. The number of aliphatic imine (C=N–C) groups is 1. The number of aromatic hydroxyl groups is 1. The number of rotatable bonds is 2. The molecule has 26 heavy (non-hydrogen) atoms. The van der Waals surface area contributed by atoms with Crippen molar-refractivity contribution in [1.29, 1.82) is 10.5 Å². The lowest BCUT2D eigenvalue weighted by Crippen LogP contribution is -2.00. The second kappa shape index (κ2) is 5.87. The highest BCUT2D eigenvalue weighted by atomic mass is 16.3. The SMILES string of the molecule is N#Cc1ccc(C2=NC(=O)c3c(C4=CCC(C#N)C=C4)[nH]c(O)c32)cc1. The van der Waals surface area contributed by atoms with Gasteiger partial charge in [0, 0.05) is 5.56 Å². The fraction of sp³-hybridized carbons (Fsp3) is 0.100. The summed E-state index contributed by atoms with van der Waals surface area (Å²) in [6.45, 7) is 0. The molecule has 2 heterocycles. The molecule has 6 nitrogen and oxygen atoms in total. The molecular formula is C20H12N4O2. The Bertz CT molecular complexity index is 1100. The lowest BCUT2D eigenvalue weighted by Gasteiger charge is -2.09. The molecular weight excluding hydrogens is 328 g/mol. The number of aromatic amines is 1. The monoisotopic (exact) mass is 340 g/mol. The highest BCUT2D eigenvalue weighted by Crippen LogP contribution is 2.37. The van der Waals surface area contributed by atoms with E-state index in [0.29, 0.717) is 40.1 Å². The normalized spacial score (nSPS) is 17.9. The first-order valence-electron chi connectivity index (χ1n) is 7.99. The molecule has 0 bridgehead atoms. The van der Waals surface area contributed by atoms with E-state index in [9.17, 15) is 9.90 Å². The van der Waals surface area contributed by atoms with Crippen LogP contribution in [0.4, 0.5) is 0 Å². The summed E-state index contributed by atoms with van der Waals surface area (Å²) in [6.07, 6.45) is 5.97. The first-order valence-corrected chi connectivity index (χ1v) is 7.99. The number of carbonyl (C=O) groups is 1. The van der Waals surface area contributed by atoms with Gasteiger partial charge in [0.25, 0.3) is 5.91 Å². The Morgan fingerprint density at radius 1 is 1.19 bits per heavy atom. The Morgan fingerprint density at radius 2 is 1.96 bits per heavy atom. The standard InChI is InChI=1S/C20H12N4O2/c21-9-11-1-5-13(6-2-11)17-15-16(20(26)23-17)18(24-19(15)25)14-7-3-12(10-22)4-8-14/h1-3,5-8,12,24-25H,4H2. The number of allylic oxidation sites excluding steroid dienone is 4. The van der Waals surface area contributed by atoms with Gasteiger partial charge in [-0.2, -0.15) is 10.5 Å². The van der Waals surface area contributed by atoms with E-state index in [0.717, 1.165) is 5.57 Å². The maximum Gasteiger partial charge on any atom is 0.280 e. The van der Waals surface area contributed by atoms with E-state index in [-0.39, 0.29) is 11.8 Å². The summed E-state index contributed by atoms with van der Waals surface area (Å²) < 4.78 is 0. The predicted octanol–water partition coefficient (Wildman–Crippen LogP) is 3.07. The van der Waals surface area contributed by atoms with Gasteiger partial charge in [0.2, 0.25) is 0 Å². The van der Waals surface area contributed by atoms with Gasteiger partial charge in [-0.15, -0.1) is 0 Å². The second-order valence-corrected chi connectivity index (χ2v) is 6.04. The molecule has 6 heteroatoms. The van der Waals surface area contributed by atoms with E-state index in [1.807, 2.05) is 12.1 Å². The third-order valence-electron chi connectivity index (χ3n) is 4.49. The maximum absolute atomic E-state index is 12.5. The highest BCUT2D eigenvalue weighted by molar-refractivity contribution is 6.30. The number of hydrogen-bond donors (Lipinski definition) is 2. The van der Waals surface area contributed by atoms with Gasteiger partial charge >= 0.3 is 0 Å². The number of benzene rings is 1. The Morgan fingerprint density at radius 3 is 2.58 bits per heavy atom. The van der Waals surface area contributed by atoms with Gasteiger partial charge in [-0.1, -0.05) is 30.4 Å². The average Bonchev–Trinajstić information content (AvgIpc) is 3.21. The molecule has 2 N–H and O–H groups in total. The van der Waals surface area contributed by atoms with E-state index in [1.165, 1.54) is 0 Å². The van der Waals surface area contributed by atoms with Crippen molar-refractivity contribution in [3.05, 3.63) is 70.4 Å². The minimum absolute atomic E-state index is 0.124. The Hall–Kier alpha value is -3.90. The number of amides is 1. The summed E-state index contributed by atoms with van der Waals surface area (Å²) in [6, 6.07) is 10.9. The van der Waals surface area contributed by atoms with Crippen LogP contribution in [-0.4, -0.2) is 21.7 Å². The molecule has 0 spiro atoms. The molecule has 1 unspecified atom stereocenters. The van der Waals surface area contributed by atoms with E-state index in [2.05, 4.69) is 16.0 Å². The number of aromatic nitrogens is 1. The van der Waals surface area contributed by atoms with Crippen molar-refractivity contribution < 1.29 is 9.90 Å². The quantitative estimate of drug-likeness (QED) is 0.874. The number of carbonyl (C=O) groups excluding carboxylic acids is 1. The molecule has 124 valence electrons. The van der Waals surface area contributed by atoms with E-state index < -0.39 is 5.91 Å². The zero-order chi connectivity index (χ0) is 18.3. The minimum Gasteiger partial charge on any atom is -0.494 e. The fourth-order valence-electron chi connectivity index (χ4n) is 3.17. The van der Waals surface area contributed by atoms with Gasteiger partial charge in [0.05, 0.1) is 46.2 Å². The molecule has 1 aromatic heterocycles. The molecule has 0 saturated carbocycles. The molecule has 0 saturated heterocycles. The van der Waals surface area contributed by atoms with Crippen molar-refractivity contribution in [3.63, 3.8) is 0 Å². The summed E-state index contributed by atoms with van der Waals surface area (Å²) in [5.41, 5.74) is 3.47. The van der Waals surface area contributed by atoms with Crippen LogP contribution in [0.5, 0.6) is 5.88 Å². The van der Waals surface area contributed by atoms with Crippen LogP contribution in [0.1, 0.15) is 39.2 Å². The van der Waals surface area contributed by atoms with Gasteiger partial charge < -0.3 is 10.1 Å². The number of H-pyrrole nitrogens is 1. The Labute approximate surface area is 149 Å². The number of nitrogens with one attached hydrogen (secondary N) is 1. The smallest absolute Gasteiger partial charge is 0.280 e. The largest absolute Gasteiger partial charge is 0.494 e. The first kappa shape index (κ1) is 15.6. The van der Waals surface area contributed by atoms with Gasteiger partial charge in [-0.3, -0.25) is 4.79 Å². The van der Waals surface area contributed by atoms with Crippen LogP contribution in [0, 0.1) is 28.6 Å². The molecule has 2 aromatic rings. The maximum atomic E-state index is 12.5. The summed E-state index contributed by atoms with van der Waals surface area (Å²) in [5, 5.41) is 28.3. The van der Waals surface area contributed by atoms with Gasteiger partial charge in [-0.25, -0.2) is 4.99 Å². The molecule has 1 aliphatic carbocycles. The van der Waals surface area contributed by atoms with Crippen LogP contribution in [0.2, 0.25) is 0 Å². The number of nitrogens with zero attached hydrogens (tertiary/aromatic N) is 3. The summed E-state index contributed by atoms with van der Waals surface area (Å²) in [4.78, 5) is 19.5. The van der Waals surface area contributed by atoms with Crippen molar-refractivity contribution >= 4 is 17.2 Å². The summed E-state index contributed by atoms with van der Waals surface area (Å²) in [5.74, 6) is -0.736. The molecule has 1 aromatic carbocycles. The van der Waals surface area contributed by atoms with Crippen molar-refractivity contribution in [2.75, 3.05) is 0 Å². The van der Waals surface area contributed by atoms with Crippen molar-refractivity contribution in [3.8, 4) is 18.0 Å². The number of hydrogen-bond acceptors (Lipinski definition) is 4. The van der Waals surface area contributed by atoms with Crippen molar-refractivity contribution in [2.24, 2.45) is 10.9 Å². The third-order valence-corrected chi connectivity index (χ3v) is 4.49.